The van der Waals surface area contributed by atoms with Gasteiger partial charge in [-0.3, -0.25) is 4.79 Å². The zero-order chi connectivity index (χ0) is 13.0. The summed E-state index contributed by atoms with van der Waals surface area (Å²) in [6.45, 7) is 1.84. The van der Waals surface area contributed by atoms with E-state index in [1.807, 2.05) is 19.1 Å². The Hall–Kier alpha value is -2.29. The normalized spacial score (nSPS) is 10.1. The second-order valence-corrected chi connectivity index (χ2v) is 3.94. The van der Waals surface area contributed by atoms with Crippen molar-refractivity contribution < 1.29 is 9.53 Å². The Morgan fingerprint density at radius 2 is 1.78 bits per heavy atom. The predicted octanol–water partition coefficient (Wildman–Crippen LogP) is 3.65. The van der Waals surface area contributed by atoms with Gasteiger partial charge in [0.25, 0.3) is 0 Å². The molecule has 2 aromatic carbocycles. The summed E-state index contributed by atoms with van der Waals surface area (Å²) >= 11 is 0. The third kappa shape index (κ3) is 2.69. The zero-order valence-electron chi connectivity index (χ0n) is 10.2. The minimum absolute atomic E-state index is 0.126. The molecule has 0 saturated heterocycles. The van der Waals surface area contributed by atoms with E-state index in [-0.39, 0.29) is 5.78 Å². The van der Waals surface area contributed by atoms with E-state index >= 15 is 0 Å². The smallest absolute Gasteiger partial charge is 0.162 e. The van der Waals surface area contributed by atoms with E-state index in [0.717, 1.165) is 0 Å². The third-order valence-corrected chi connectivity index (χ3v) is 2.64. The van der Waals surface area contributed by atoms with Crippen molar-refractivity contribution in [3.05, 3.63) is 54.1 Å². The molecule has 0 heterocycles. The number of carbonyl (C=O) groups is 1. The second-order valence-electron chi connectivity index (χ2n) is 3.94. The topological polar surface area (TPSA) is 52.3 Å². The van der Waals surface area contributed by atoms with Crippen molar-refractivity contribution in [3.63, 3.8) is 0 Å². The molecule has 2 rings (SSSR count). The summed E-state index contributed by atoms with van der Waals surface area (Å²) in [6.07, 6.45) is 0.506. The van der Waals surface area contributed by atoms with Crippen LogP contribution in [0.2, 0.25) is 0 Å². The van der Waals surface area contributed by atoms with E-state index in [0.29, 0.717) is 29.2 Å². The Labute approximate surface area is 106 Å². The van der Waals surface area contributed by atoms with Gasteiger partial charge in [-0.05, 0) is 36.4 Å². The summed E-state index contributed by atoms with van der Waals surface area (Å²) in [7, 11) is 0. The summed E-state index contributed by atoms with van der Waals surface area (Å²) in [4.78, 5) is 11.5. The maximum atomic E-state index is 11.5. The van der Waals surface area contributed by atoms with Gasteiger partial charge in [-0.2, -0.15) is 0 Å². The monoisotopic (exact) mass is 241 g/mol. The number of anilines is 1. The molecule has 0 radical (unpaired) electrons. The van der Waals surface area contributed by atoms with Crippen LogP contribution in [0, 0.1) is 0 Å². The highest BCUT2D eigenvalue weighted by atomic mass is 16.5. The molecule has 0 bridgehead atoms. The number of ether oxygens (including phenoxy) is 1. The van der Waals surface area contributed by atoms with E-state index in [1.165, 1.54) is 0 Å². The molecule has 2 N–H and O–H groups in total. The fourth-order valence-electron chi connectivity index (χ4n) is 1.61. The first-order valence-corrected chi connectivity index (χ1v) is 5.86. The number of rotatable bonds is 4. The van der Waals surface area contributed by atoms with Gasteiger partial charge < -0.3 is 10.5 Å². The highest BCUT2D eigenvalue weighted by molar-refractivity contribution is 5.95. The number of nitrogens with two attached hydrogens (primary N) is 1. The van der Waals surface area contributed by atoms with Gasteiger partial charge in [-0.25, -0.2) is 0 Å². The van der Waals surface area contributed by atoms with Gasteiger partial charge in [0.2, 0.25) is 0 Å². The maximum Gasteiger partial charge on any atom is 0.162 e. The van der Waals surface area contributed by atoms with Gasteiger partial charge in [0.05, 0.1) is 5.69 Å². The van der Waals surface area contributed by atoms with Crippen molar-refractivity contribution in [2.75, 3.05) is 5.73 Å². The SMILES string of the molecule is CCC(=O)c1ccc(Oc2ccccc2N)cc1. The molecule has 0 aromatic heterocycles. The molecule has 0 saturated carbocycles. The van der Waals surface area contributed by atoms with Crippen molar-refractivity contribution in [1.82, 2.24) is 0 Å². The lowest BCUT2D eigenvalue weighted by Crippen LogP contribution is -1.96. The number of para-hydroxylation sites is 2. The van der Waals surface area contributed by atoms with E-state index in [9.17, 15) is 4.79 Å². The van der Waals surface area contributed by atoms with E-state index in [2.05, 4.69) is 0 Å². The molecule has 2 aromatic rings. The van der Waals surface area contributed by atoms with Gasteiger partial charge >= 0.3 is 0 Å². The highest BCUT2D eigenvalue weighted by Gasteiger charge is 2.04. The largest absolute Gasteiger partial charge is 0.455 e. The molecule has 0 fully saturated rings. The molecule has 0 aliphatic carbocycles. The first-order chi connectivity index (χ1) is 8.70. The minimum atomic E-state index is 0.126. The van der Waals surface area contributed by atoms with Crippen molar-refractivity contribution in [2.45, 2.75) is 13.3 Å². The van der Waals surface area contributed by atoms with Crippen molar-refractivity contribution in [1.29, 1.82) is 0 Å². The Bertz CT molecular complexity index is 547. The van der Waals surface area contributed by atoms with Crippen LogP contribution in [0.1, 0.15) is 23.7 Å². The van der Waals surface area contributed by atoms with Crippen LogP contribution in [0.15, 0.2) is 48.5 Å². The number of hydrogen-bond donors (Lipinski definition) is 1. The molecular formula is C15H15NO2. The van der Waals surface area contributed by atoms with Gasteiger partial charge in [0, 0.05) is 12.0 Å². The Balaban J connectivity index is 2.16. The molecule has 0 atom stereocenters. The number of nitrogen functional groups attached to an aromatic ring is 1. The Morgan fingerprint density at radius 3 is 2.39 bits per heavy atom. The van der Waals surface area contributed by atoms with Crippen LogP contribution in [-0.4, -0.2) is 5.78 Å². The number of ketones is 1. The zero-order valence-corrected chi connectivity index (χ0v) is 10.2. The van der Waals surface area contributed by atoms with Gasteiger partial charge in [-0.15, -0.1) is 0 Å². The van der Waals surface area contributed by atoms with Gasteiger partial charge in [0.15, 0.2) is 5.78 Å². The number of hydrogen-bond acceptors (Lipinski definition) is 3. The second kappa shape index (κ2) is 5.36. The van der Waals surface area contributed by atoms with Gasteiger partial charge in [-0.1, -0.05) is 19.1 Å². The van der Waals surface area contributed by atoms with Crippen LogP contribution in [0.5, 0.6) is 11.5 Å². The molecule has 3 nitrogen and oxygen atoms in total. The lowest BCUT2D eigenvalue weighted by Gasteiger charge is -2.08. The molecule has 18 heavy (non-hydrogen) atoms. The quantitative estimate of drug-likeness (QED) is 0.656. The predicted molar refractivity (Wildman–Crippen MR) is 72.0 cm³/mol. The van der Waals surface area contributed by atoms with Crippen molar-refractivity contribution in [2.24, 2.45) is 0 Å². The summed E-state index contributed by atoms with van der Waals surface area (Å²) in [5, 5.41) is 0. The fourth-order valence-corrected chi connectivity index (χ4v) is 1.61. The standard InChI is InChI=1S/C15H15NO2/c1-2-14(17)11-7-9-12(10-8-11)18-15-6-4-3-5-13(15)16/h3-10H,2,16H2,1H3. The van der Waals surface area contributed by atoms with Crippen LogP contribution >= 0.6 is 0 Å². The molecule has 0 unspecified atom stereocenters. The minimum Gasteiger partial charge on any atom is -0.455 e. The van der Waals surface area contributed by atoms with E-state index in [1.54, 1.807) is 36.4 Å². The van der Waals surface area contributed by atoms with Crippen LogP contribution in [0.3, 0.4) is 0 Å². The Kier molecular flexibility index (Phi) is 3.63. The lowest BCUT2D eigenvalue weighted by atomic mass is 10.1. The molecular weight excluding hydrogens is 226 g/mol. The van der Waals surface area contributed by atoms with Crippen molar-refractivity contribution in [3.8, 4) is 11.5 Å². The average molecular weight is 241 g/mol. The summed E-state index contributed by atoms with van der Waals surface area (Å²) in [5.41, 5.74) is 7.08. The molecule has 3 heteroatoms. The van der Waals surface area contributed by atoms with Gasteiger partial charge in [0.1, 0.15) is 11.5 Å². The summed E-state index contributed by atoms with van der Waals surface area (Å²) < 4.78 is 5.64. The van der Waals surface area contributed by atoms with Crippen LogP contribution in [0.4, 0.5) is 5.69 Å². The third-order valence-electron chi connectivity index (χ3n) is 2.64. The molecule has 0 spiro atoms. The lowest BCUT2D eigenvalue weighted by molar-refractivity contribution is 0.0988. The number of benzene rings is 2. The van der Waals surface area contributed by atoms with E-state index in [4.69, 9.17) is 10.5 Å². The molecule has 92 valence electrons. The maximum absolute atomic E-state index is 11.5. The first kappa shape index (κ1) is 12.2. The summed E-state index contributed by atoms with van der Waals surface area (Å²) in [5.74, 6) is 1.41. The number of Topliss-reactive ketones (excluding diaryl/α,β-unsaturated/α-hetero) is 1. The molecule has 0 amide bonds. The Morgan fingerprint density at radius 1 is 1.11 bits per heavy atom. The average Bonchev–Trinajstić information content (AvgIpc) is 2.41. The molecule has 0 aliphatic rings. The number of carbonyl (C=O) groups excluding carboxylic acids is 1. The molecule has 0 aliphatic heterocycles. The first-order valence-electron chi connectivity index (χ1n) is 5.86. The van der Waals surface area contributed by atoms with Crippen LogP contribution in [-0.2, 0) is 0 Å². The van der Waals surface area contributed by atoms with Crippen LogP contribution < -0.4 is 10.5 Å². The van der Waals surface area contributed by atoms with E-state index < -0.39 is 0 Å². The fraction of sp³-hybridized carbons (Fsp3) is 0.133. The highest BCUT2D eigenvalue weighted by Crippen LogP contribution is 2.26. The van der Waals surface area contributed by atoms with Crippen LogP contribution in [0.25, 0.3) is 0 Å². The van der Waals surface area contributed by atoms with Crippen molar-refractivity contribution >= 4 is 11.5 Å². The summed E-state index contributed by atoms with van der Waals surface area (Å²) in [6, 6.07) is 14.4.